The SMILES string of the molecule is C/C=C/C[C@@H](C)[C@@H](O)[C@H]1C(=O)N[C@@H](CC)C(=O)N(C)[C@@H](CCO)C(=O)N(C)[C@@H](CC(C)C)C(=O)N[C@@H](C(C)C)C(=O)N(C)[C@@H](CC(C)C)C(=O)N[C@@H](C)C(=O)N[C@H](C)C(=O)N(C)[C@@H](CC(C)C)C(=O)N(C)[C@@H](CC(C)C)C(=O)N(C)[C@@H](C(C)C)C(=O)N1C. The first-order valence-corrected chi connectivity index (χ1v) is 31.7. The molecule has 0 unspecified atom stereocenters. The third kappa shape index (κ3) is 21.8. The first-order chi connectivity index (χ1) is 40.7. The molecule has 1 aliphatic rings. The Balaban J connectivity index is 4.45. The average molecular weight is 1250 g/mol. The normalized spacial score (nSPS) is 27.2. The van der Waals surface area contributed by atoms with Crippen molar-refractivity contribution in [2.45, 2.75) is 235 Å². The number of aliphatic hydroxyl groups is 2. The van der Waals surface area contributed by atoms with Crippen molar-refractivity contribution in [2.24, 2.45) is 41.4 Å². The summed E-state index contributed by atoms with van der Waals surface area (Å²) in [7, 11) is 9.78. The van der Waals surface area contributed by atoms with Crippen LogP contribution in [0.4, 0.5) is 0 Å². The lowest BCUT2D eigenvalue weighted by molar-refractivity contribution is -0.157. The summed E-state index contributed by atoms with van der Waals surface area (Å²) >= 11 is 0. The van der Waals surface area contributed by atoms with E-state index in [0.717, 1.165) is 9.80 Å². The molecule has 0 aliphatic carbocycles. The van der Waals surface area contributed by atoms with Gasteiger partial charge in [-0.05, 0) is 107 Å². The summed E-state index contributed by atoms with van der Waals surface area (Å²) in [4.78, 5) is 170. The van der Waals surface area contributed by atoms with E-state index in [4.69, 9.17) is 0 Å². The van der Waals surface area contributed by atoms with Gasteiger partial charge >= 0.3 is 0 Å². The van der Waals surface area contributed by atoms with Gasteiger partial charge in [-0.15, -0.1) is 0 Å². The molecule has 11 amide bonds. The van der Waals surface area contributed by atoms with Crippen LogP contribution < -0.4 is 21.3 Å². The Morgan fingerprint density at radius 2 is 0.818 bits per heavy atom. The Labute approximate surface area is 526 Å². The highest BCUT2D eigenvalue weighted by molar-refractivity contribution is 6.00. The van der Waals surface area contributed by atoms with Crippen LogP contribution in [0.2, 0.25) is 0 Å². The van der Waals surface area contributed by atoms with E-state index in [1.165, 1.54) is 87.7 Å². The van der Waals surface area contributed by atoms with Gasteiger partial charge in [0.05, 0.1) is 6.10 Å². The average Bonchev–Trinajstić information content (AvgIpc) is 1.33. The molecule has 504 valence electrons. The molecule has 0 aromatic heterocycles. The van der Waals surface area contributed by atoms with Crippen LogP contribution in [-0.2, 0) is 52.7 Å². The number of nitrogens with one attached hydrogen (secondary N) is 4. The fourth-order valence-electron chi connectivity index (χ4n) is 11.2. The first-order valence-electron chi connectivity index (χ1n) is 31.7. The lowest BCUT2D eigenvalue weighted by Gasteiger charge is -2.41. The third-order valence-electron chi connectivity index (χ3n) is 16.8. The van der Waals surface area contributed by atoms with Gasteiger partial charge < -0.3 is 65.8 Å². The molecule has 1 rings (SSSR count). The van der Waals surface area contributed by atoms with E-state index in [1.54, 1.807) is 60.6 Å². The molecule has 0 saturated carbocycles. The molecule has 0 bridgehead atoms. The van der Waals surface area contributed by atoms with Crippen molar-refractivity contribution in [1.29, 1.82) is 0 Å². The number of hydrogen-bond donors (Lipinski definition) is 6. The summed E-state index contributed by atoms with van der Waals surface area (Å²) in [6.07, 6.45) is 2.49. The summed E-state index contributed by atoms with van der Waals surface area (Å²) in [5.74, 6) is -10.3. The maximum atomic E-state index is 15.2. The lowest BCUT2D eigenvalue weighted by Crippen LogP contribution is -2.64. The number of carbonyl (C=O) groups is 11. The van der Waals surface area contributed by atoms with Gasteiger partial charge in [0.1, 0.15) is 66.5 Å². The topological polar surface area (TPSA) is 299 Å². The highest BCUT2D eigenvalue weighted by Crippen LogP contribution is 2.26. The molecule has 0 aromatic rings. The zero-order valence-corrected chi connectivity index (χ0v) is 57.8. The van der Waals surface area contributed by atoms with Gasteiger partial charge in [0.15, 0.2) is 0 Å². The summed E-state index contributed by atoms with van der Waals surface area (Å²) in [6, 6.07) is -14.1. The van der Waals surface area contributed by atoms with Gasteiger partial charge in [0, 0.05) is 55.9 Å². The number of nitrogens with zero attached hydrogens (tertiary/aromatic N) is 7. The van der Waals surface area contributed by atoms with E-state index in [-0.39, 0.29) is 68.6 Å². The van der Waals surface area contributed by atoms with Crippen LogP contribution in [-0.4, -0.2) is 238 Å². The van der Waals surface area contributed by atoms with E-state index >= 15 is 9.59 Å². The maximum absolute atomic E-state index is 15.2. The maximum Gasteiger partial charge on any atom is 0.246 e. The van der Waals surface area contributed by atoms with E-state index in [0.29, 0.717) is 0 Å². The van der Waals surface area contributed by atoms with Gasteiger partial charge in [-0.1, -0.05) is 109 Å². The van der Waals surface area contributed by atoms with Crippen molar-refractivity contribution >= 4 is 65.0 Å². The van der Waals surface area contributed by atoms with Crippen molar-refractivity contribution in [1.82, 2.24) is 55.6 Å². The number of hydrogen-bond acceptors (Lipinski definition) is 13. The minimum atomic E-state index is -1.66. The first kappa shape index (κ1) is 79.8. The number of rotatable bonds is 17. The van der Waals surface area contributed by atoms with Crippen LogP contribution in [0.15, 0.2) is 12.2 Å². The standard InChI is InChI=1S/C64H115N11O13/c1-25-27-28-41(15)53(77)52-57(81)67-44(26-2)59(83)69(18)45(29-30-76)60(84)70(19)47(32-36(5)6)56(80)68-50(39(11)12)63(87)71(20)46(31-35(3)4)55(79)65-42(16)54(78)66-43(17)58(82)72(21)48(33-37(7)8)61(85)73(22)49(34-38(9)10)62(86)74(23)51(40(13)14)64(88)75(52)24/h25,27,35-53,76-77H,26,28-34H2,1-24H3,(H,65,79)(H,66,78)(H,67,81)(H,68,80)/b27-25+/t41-,42+,43-,44+,45+,46+,47+,48+,49+,50+,51+,52+,53-/m1/s1. The Kier molecular flexibility index (Phi) is 33.1. The largest absolute Gasteiger partial charge is 0.396 e. The summed E-state index contributed by atoms with van der Waals surface area (Å²) < 4.78 is 0. The molecule has 13 atom stereocenters. The number of amides is 11. The molecule has 1 aliphatic heterocycles. The van der Waals surface area contributed by atoms with Crippen LogP contribution in [0.5, 0.6) is 0 Å². The van der Waals surface area contributed by atoms with Gasteiger partial charge in [-0.3, -0.25) is 52.7 Å². The molecule has 0 radical (unpaired) electrons. The van der Waals surface area contributed by atoms with Crippen LogP contribution in [0, 0.1) is 41.4 Å². The number of aliphatic hydroxyl groups excluding tert-OH is 2. The smallest absolute Gasteiger partial charge is 0.246 e. The van der Waals surface area contributed by atoms with Crippen LogP contribution in [0.1, 0.15) is 163 Å². The zero-order valence-electron chi connectivity index (χ0n) is 57.8. The second-order valence-corrected chi connectivity index (χ2v) is 26.8. The molecular weight excluding hydrogens is 1130 g/mol. The Morgan fingerprint density at radius 3 is 1.25 bits per heavy atom. The fraction of sp³-hybridized carbons (Fsp3) is 0.797. The van der Waals surface area contributed by atoms with Crippen LogP contribution in [0.3, 0.4) is 0 Å². The summed E-state index contributed by atoms with van der Waals surface area (Å²) in [5.41, 5.74) is 0. The molecule has 6 N–H and O–H groups in total. The minimum absolute atomic E-state index is 0.0408. The van der Waals surface area contributed by atoms with Crippen molar-refractivity contribution in [3.05, 3.63) is 12.2 Å². The molecule has 24 heteroatoms. The second kappa shape index (κ2) is 36.5. The summed E-state index contributed by atoms with van der Waals surface area (Å²) in [5, 5.41) is 33.5. The predicted octanol–water partition coefficient (Wildman–Crippen LogP) is 3.02. The lowest BCUT2D eigenvalue weighted by atomic mass is 9.91. The molecule has 1 fully saturated rings. The molecule has 1 saturated heterocycles. The van der Waals surface area contributed by atoms with Crippen molar-refractivity contribution < 1.29 is 63.0 Å². The quantitative estimate of drug-likeness (QED) is 0.114. The van der Waals surface area contributed by atoms with Gasteiger partial charge in [-0.2, -0.15) is 0 Å². The second-order valence-electron chi connectivity index (χ2n) is 26.8. The van der Waals surface area contributed by atoms with Gasteiger partial charge in [0.25, 0.3) is 0 Å². The van der Waals surface area contributed by atoms with Gasteiger partial charge in [0.2, 0.25) is 65.0 Å². The molecular formula is C64H115N11O13. The molecule has 0 aromatic carbocycles. The Morgan fingerprint density at radius 1 is 0.432 bits per heavy atom. The van der Waals surface area contributed by atoms with Crippen LogP contribution in [0.25, 0.3) is 0 Å². The molecule has 1 heterocycles. The monoisotopic (exact) mass is 1250 g/mol. The fourth-order valence-corrected chi connectivity index (χ4v) is 11.2. The molecule has 0 spiro atoms. The Bertz CT molecular complexity index is 2400. The Hall–Kier alpha value is -6.17. The number of likely N-dealkylation sites (N-methyl/N-ethyl adjacent to an activating group) is 7. The number of carbonyl (C=O) groups excluding carboxylic acids is 11. The van der Waals surface area contributed by atoms with Crippen LogP contribution >= 0.6 is 0 Å². The minimum Gasteiger partial charge on any atom is -0.396 e. The molecule has 24 nitrogen and oxygen atoms in total. The highest BCUT2D eigenvalue weighted by atomic mass is 16.3. The number of allylic oxidation sites excluding steroid dienone is 2. The van der Waals surface area contributed by atoms with E-state index in [9.17, 15) is 53.4 Å². The highest BCUT2D eigenvalue weighted by Gasteiger charge is 2.46. The van der Waals surface area contributed by atoms with Crippen molar-refractivity contribution in [3.8, 4) is 0 Å². The van der Waals surface area contributed by atoms with Crippen molar-refractivity contribution in [3.63, 3.8) is 0 Å². The van der Waals surface area contributed by atoms with E-state index < -0.39 is 162 Å². The molecule has 88 heavy (non-hydrogen) atoms. The van der Waals surface area contributed by atoms with E-state index in [2.05, 4.69) is 21.3 Å². The zero-order chi connectivity index (χ0) is 68.3. The van der Waals surface area contributed by atoms with Gasteiger partial charge in [-0.25, -0.2) is 0 Å². The van der Waals surface area contributed by atoms with E-state index in [1.807, 2.05) is 55.4 Å². The third-order valence-corrected chi connectivity index (χ3v) is 16.8. The summed E-state index contributed by atoms with van der Waals surface area (Å²) in [6.45, 7) is 29.1. The predicted molar refractivity (Wildman–Crippen MR) is 339 cm³/mol. The van der Waals surface area contributed by atoms with Crippen molar-refractivity contribution in [2.75, 3.05) is 55.9 Å².